The molecule has 3 aromatic carbocycles. The molecule has 0 amide bonds. The molecule has 1 aliphatic rings. The highest BCUT2D eigenvalue weighted by atomic mass is 16.7. The minimum Gasteiger partial charge on any atom is -0.265 e. The van der Waals surface area contributed by atoms with Crippen LogP contribution < -0.4 is 5.06 Å². The molecule has 0 radical (unpaired) electrons. The average Bonchev–Trinajstić information content (AvgIpc) is 3.15. The highest BCUT2D eigenvalue weighted by Crippen LogP contribution is 2.41. The molecule has 2 nitrogen and oxygen atoms in total. The number of hydroxylamine groups is 1. The molecule has 2 heteroatoms. The first-order valence-electron chi connectivity index (χ1n) is 8.63. The van der Waals surface area contributed by atoms with E-state index in [2.05, 4.69) is 55.1 Å². The van der Waals surface area contributed by atoms with Crippen LogP contribution in [0.4, 0.5) is 5.69 Å². The number of para-hydroxylation sites is 1. The van der Waals surface area contributed by atoms with E-state index in [-0.39, 0.29) is 12.1 Å². The SMILES string of the molecule is C=C(c1ccccc1)[C@@H]1C[C@@H](c2ccccc2)N(c2ccccc2)O1. The van der Waals surface area contributed by atoms with Crippen LogP contribution in [0, 0.1) is 0 Å². The molecule has 0 bridgehead atoms. The molecule has 0 aliphatic carbocycles. The Morgan fingerprint density at radius 3 is 2.00 bits per heavy atom. The van der Waals surface area contributed by atoms with Gasteiger partial charge < -0.3 is 0 Å². The van der Waals surface area contributed by atoms with E-state index in [4.69, 9.17) is 4.84 Å². The topological polar surface area (TPSA) is 12.5 Å². The Labute approximate surface area is 149 Å². The minimum atomic E-state index is -0.0344. The lowest BCUT2D eigenvalue weighted by Gasteiger charge is -2.25. The molecule has 1 aliphatic heterocycles. The van der Waals surface area contributed by atoms with E-state index in [1.807, 2.05) is 47.5 Å². The Morgan fingerprint density at radius 1 is 0.800 bits per heavy atom. The maximum Gasteiger partial charge on any atom is 0.113 e. The maximum absolute atomic E-state index is 6.36. The van der Waals surface area contributed by atoms with Crippen LogP contribution in [-0.2, 0) is 4.84 Å². The number of hydrogen-bond acceptors (Lipinski definition) is 2. The summed E-state index contributed by atoms with van der Waals surface area (Å²) in [5.41, 5.74) is 4.49. The summed E-state index contributed by atoms with van der Waals surface area (Å²) < 4.78 is 0. The molecule has 1 saturated heterocycles. The van der Waals surface area contributed by atoms with Crippen LogP contribution in [0.25, 0.3) is 5.57 Å². The molecule has 0 spiro atoms. The predicted molar refractivity (Wildman–Crippen MR) is 103 cm³/mol. The largest absolute Gasteiger partial charge is 0.265 e. The van der Waals surface area contributed by atoms with E-state index in [1.165, 1.54) is 5.56 Å². The maximum atomic E-state index is 6.36. The molecule has 0 saturated carbocycles. The van der Waals surface area contributed by atoms with Gasteiger partial charge in [0.2, 0.25) is 0 Å². The summed E-state index contributed by atoms with van der Waals surface area (Å²) in [6, 6.07) is 31.3. The molecule has 1 heterocycles. The van der Waals surface area contributed by atoms with Crippen LogP contribution in [0.15, 0.2) is 97.6 Å². The summed E-state index contributed by atoms with van der Waals surface area (Å²) in [5, 5.41) is 2.04. The summed E-state index contributed by atoms with van der Waals surface area (Å²) in [4.78, 5) is 6.36. The lowest BCUT2D eigenvalue weighted by atomic mass is 9.95. The molecule has 4 rings (SSSR count). The normalized spacial score (nSPS) is 19.8. The molecule has 25 heavy (non-hydrogen) atoms. The van der Waals surface area contributed by atoms with Gasteiger partial charge in [0.1, 0.15) is 6.10 Å². The number of rotatable bonds is 4. The highest BCUT2D eigenvalue weighted by molar-refractivity contribution is 5.67. The van der Waals surface area contributed by atoms with Gasteiger partial charge in [0.15, 0.2) is 0 Å². The van der Waals surface area contributed by atoms with E-state index in [9.17, 15) is 0 Å². The van der Waals surface area contributed by atoms with Gasteiger partial charge in [-0.05, 0) is 28.8 Å². The van der Waals surface area contributed by atoms with Crippen LogP contribution in [-0.4, -0.2) is 6.10 Å². The van der Waals surface area contributed by atoms with Crippen LogP contribution in [0.5, 0.6) is 0 Å². The van der Waals surface area contributed by atoms with E-state index in [0.29, 0.717) is 0 Å². The number of nitrogens with zero attached hydrogens (tertiary/aromatic N) is 1. The van der Waals surface area contributed by atoms with E-state index in [1.54, 1.807) is 0 Å². The first kappa shape index (κ1) is 15.7. The lowest BCUT2D eigenvalue weighted by molar-refractivity contribution is 0.119. The van der Waals surface area contributed by atoms with Crippen molar-refractivity contribution in [2.45, 2.75) is 18.6 Å². The van der Waals surface area contributed by atoms with Crippen molar-refractivity contribution in [2.24, 2.45) is 0 Å². The Hall–Kier alpha value is -2.84. The van der Waals surface area contributed by atoms with Crippen molar-refractivity contribution in [1.82, 2.24) is 0 Å². The smallest absolute Gasteiger partial charge is 0.113 e. The van der Waals surface area contributed by atoms with Crippen LogP contribution in [0.2, 0.25) is 0 Å². The van der Waals surface area contributed by atoms with Crippen molar-refractivity contribution in [2.75, 3.05) is 5.06 Å². The van der Waals surface area contributed by atoms with E-state index < -0.39 is 0 Å². The first-order valence-corrected chi connectivity index (χ1v) is 8.63. The second kappa shape index (κ2) is 6.96. The Morgan fingerprint density at radius 2 is 1.36 bits per heavy atom. The van der Waals surface area contributed by atoms with Crippen molar-refractivity contribution in [3.05, 3.63) is 109 Å². The third-order valence-corrected chi connectivity index (χ3v) is 4.69. The third kappa shape index (κ3) is 3.21. The van der Waals surface area contributed by atoms with Gasteiger partial charge in [0.05, 0.1) is 11.7 Å². The van der Waals surface area contributed by atoms with Crippen molar-refractivity contribution >= 4 is 11.3 Å². The van der Waals surface area contributed by atoms with Gasteiger partial charge >= 0.3 is 0 Å². The second-order valence-electron chi connectivity index (χ2n) is 6.31. The second-order valence-corrected chi connectivity index (χ2v) is 6.31. The average molecular weight is 327 g/mol. The van der Waals surface area contributed by atoms with Crippen LogP contribution >= 0.6 is 0 Å². The molecule has 2 atom stereocenters. The van der Waals surface area contributed by atoms with Gasteiger partial charge in [-0.3, -0.25) is 4.84 Å². The summed E-state index contributed by atoms with van der Waals surface area (Å²) in [5.74, 6) is 0. The zero-order valence-corrected chi connectivity index (χ0v) is 14.1. The molecule has 1 fully saturated rings. The van der Waals surface area contributed by atoms with Gasteiger partial charge in [-0.25, -0.2) is 5.06 Å². The van der Waals surface area contributed by atoms with Crippen molar-refractivity contribution in [3.8, 4) is 0 Å². The van der Waals surface area contributed by atoms with E-state index >= 15 is 0 Å². The van der Waals surface area contributed by atoms with Gasteiger partial charge in [-0.2, -0.15) is 0 Å². The Balaban J connectivity index is 1.66. The van der Waals surface area contributed by atoms with Gasteiger partial charge in [0, 0.05) is 6.42 Å². The number of anilines is 1. The fourth-order valence-electron chi connectivity index (χ4n) is 3.36. The summed E-state index contributed by atoms with van der Waals surface area (Å²) in [6.07, 6.45) is 0.847. The fraction of sp³-hybridized carbons (Fsp3) is 0.130. The van der Waals surface area contributed by atoms with Gasteiger partial charge in [0.25, 0.3) is 0 Å². The zero-order chi connectivity index (χ0) is 17.1. The molecule has 124 valence electrons. The summed E-state index contributed by atoms with van der Waals surface area (Å²) in [6.45, 7) is 4.31. The first-order chi connectivity index (χ1) is 12.3. The third-order valence-electron chi connectivity index (χ3n) is 4.69. The Bertz CT molecular complexity index is 782. The lowest BCUT2D eigenvalue weighted by Crippen LogP contribution is -2.22. The fourth-order valence-corrected chi connectivity index (χ4v) is 3.36. The molecule has 0 aromatic heterocycles. The zero-order valence-electron chi connectivity index (χ0n) is 14.1. The van der Waals surface area contributed by atoms with Crippen molar-refractivity contribution < 1.29 is 4.84 Å². The quantitative estimate of drug-likeness (QED) is 0.614. The van der Waals surface area contributed by atoms with Gasteiger partial charge in [-0.1, -0.05) is 85.4 Å². The summed E-state index contributed by atoms with van der Waals surface area (Å²) >= 11 is 0. The van der Waals surface area contributed by atoms with Crippen molar-refractivity contribution in [1.29, 1.82) is 0 Å². The standard InChI is InChI=1S/C23H21NO/c1-18(19-11-5-2-6-12-19)23-17-22(20-13-7-3-8-14-20)24(25-23)21-15-9-4-10-16-21/h2-16,22-23H,1,17H2/t22-,23-/m0/s1. The van der Waals surface area contributed by atoms with Crippen LogP contribution in [0.3, 0.4) is 0 Å². The number of benzene rings is 3. The molecule has 3 aromatic rings. The molecular weight excluding hydrogens is 306 g/mol. The molecular formula is C23H21NO. The summed E-state index contributed by atoms with van der Waals surface area (Å²) in [7, 11) is 0. The molecule has 0 unspecified atom stereocenters. The highest BCUT2D eigenvalue weighted by Gasteiger charge is 2.36. The van der Waals surface area contributed by atoms with E-state index in [0.717, 1.165) is 23.2 Å². The predicted octanol–water partition coefficient (Wildman–Crippen LogP) is 5.65. The van der Waals surface area contributed by atoms with Gasteiger partial charge in [-0.15, -0.1) is 0 Å². The number of hydrogen-bond donors (Lipinski definition) is 0. The minimum absolute atomic E-state index is 0.0344. The van der Waals surface area contributed by atoms with Crippen molar-refractivity contribution in [3.63, 3.8) is 0 Å². The molecule has 0 N–H and O–H groups in total. The van der Waals surface area contributed by atoms with Crippen LogP contribution in [0.1, 0.15) is 23.6 Å². The monoisotopic (exact) mass is 327 g/mol. The Kier molecular flexibility index (Phi) is 4.36.